The number of hydrogen-bond acceptors (Lipinski definition) is 5. The molecular weight excluding hydrogens is 416 g/mol. The standard InChI is InChI=1S/C20H23ClN2O5S/c1-2-27-16-7-5-15(6-8-16)22-29(25,26)17-9-10-19(18(21)13-17)28-14-20(24)23-11-3-4-12-23/h5-10,13,22H,2-4,11-12,14H2,1H3. The summed E-state index contributed by atoms with van der Waals surface area (Å²) in [6.45, 7) is 3.75. The fourth-order valence-electron chi connectivity index (χ4n) is 2.96. The molecule has 0 unspecified atom stereocenters. The fraction of sp³-hybridized carbons (Fsp3) is 0.350. The topological polar surface area (TPSA) is 84.9 Å². The van der Waals surface area contributed by atoms with Crippen LogP contribution in [0.15, 0.2) is 47.4 Å². The minimum absolute atomic E-state index is 0.00500. The Labute approximate surface area is 175 Å². The van der Waals surface area contributed by atoms with Crippen LogP contribution in [0.2, 0.25) is 5.02 Å². The number of amides is 1. The lowest BCUT2D eigenvalue weighted by molar-refractivity contribution is -0.132. The van der Waals surface area contributed by atoms with Gasteiger partial charge < -0.3 is 14.4 Å². The predicted octanol–water partition coefficient (Wildman–Crippen LogP) is 3.54. The molecule has 7 nitrogen and oxygen atoms in total. The second kappa shape index (κ2) is 9.37. The first-order valence-electron chi connectivity index (χ1n) is 9.35. The third-order valence-electron chi connectivity index (χ3n) is 4.44. The van der Waals surface area contributed by atoms with E-state index < -0.39 is 10.0 Å². The van der Waals surface area contributed by atoms with Crippen molar-refractivity contribution in [2.75, 3.05) is 31.0 Å². The Morgan fingerprint density at radius 1 is 1.10 bits per heavy atom. The molecule has 1 aliphatic heterocycles. The van der Waals surface area contributed by atoms with Crippen molar-refractivity contribution in [1.82, 2.24) is 4.90 Å². The molecule has 0 radical (unpaired) electrons. The van der Waals surface area contributed by atoms with Crippen LogP contribution in [0.4, 0.5) is 5.69 Å². The van der Waals surface area contributed by atoms with Gasteiger partial charge in [-0.15, -0.1) is 0 Å². The summed E-state index contributed by atoms with van der Waals surface area (Å²) in [6.07, 6.45) is 2.00. The van der Waals surface area contributed by atoms with Crippen LogP contribution in [0.1, 0.15) is 19.8 Å². The van der Waals surface area contributed by atoms with E-state index in [1.165, 1.54) is 18.2 Å². The van der Waals surface area contributed by atoms with Gasteiger partial charge in [0.25, 0.3) is 15.9 Å². The van der Waals surface area contributed by atoms with Crippen LogP contribution < -0.4 is 14.2 Å². The van der Waals surface area contributed by atoms with Gasteiger partial charge in [-0.3, -0.25) is 9.52 Å². The second-order valence-corrected chi connectivity index (χ2v) is 8.62. The number of nitrogens with one attached hydrogen (secondary N) is 1. The van der Waals surface area contributed by atoms with Gasteiger partial charge in [0.05, 0.1) is 16.5 Å². The molecule has 1 saturated heterocycles. The summed E-state index contributed by atoms with van der Waals surface area (Å²) in [7, 11) is -3.83. The number of likely N-dealkylation sites (tertiary alicyclic amines) is 1. The van der Waals surface area contributed by atoms with Crippen LogP contribution in [0, 0.1) is 0 Å². The number of halogens is 1. The maximum absolute atomic E-state index is 12.6. The molecule has 29 heavy (non-hydrogen) atoms. The summed E-state index contributed by atoms with van der Waals surface area (Å²) in [5.41, 5.74) is 0.404. The van der Waals surface area contributed by atoms with Crippen molar-refractivity contribution >= 4 is 33.2 Å². The Morgan fingerprint density at radius 2 is 1.79 bits per heavy atom. The number of carbonyl (C=O) groups excluding carboxylic acids is 1. The highest BCUT2D eigenvalue weighted by Crippen LogP contribution is 2.28. The maximum Gasteiger partial charge on any atom is 0.261 e. The molecule has 3 rings (SSSR count). The highest BCUT2D eigenvalue weighted by molar-refractivity contribution is 7.92. The number of ether oxygens (including phenoxy) is 2. The summed E-state index contributed by atoms with van der Waals surface area (Å²) < 4.78 is 38.5. The smallest absolute Gasteiger partial charge is 0.261 e. The molecule has 156 valence electrons. The lowest BCUT2D eigenvalue weighted by Crippen LogP contribution is -2.32. The second-order valence-electron chi connectivity index (χ2n) is 6.53. The van der Waals surface area contributed by atoms with E-state index in [9.17, 15) is 13.2 Å². The Hall–Kier alpha value is -2.45. The molecule has 1 fully saturated rings. The third kappa shape index (κ3) is 5.55. The van der Waals surface area contributed by atoms with E-state index in [0.717, 1.165) is 25.9 Å². The number of carbonyl (C=O) groups is 1. The first kappa shape index (κ1) is 21.3. The van der Waals surface area contributed by atoms with Gasteiger partial charge in [0, 0.05) is 18.8 Å². The molecule has 2 aromatic rings. The monoisotopic (exact) mass is 438 g/mol. The van der Waals surface area contributed by atoms with E-state index in [2.05, 4.69) is 4.72 Å². The molecule has 0 aromatic heterocycles. The van der Waals surface area contributed by atoms with E-state index in [-0.39, 0.29) is 28.2 Å². The number of nitrogens with zero attached hydrogens (tertiary/aromatic N) is 1. The first-order valence-corrected chi connectivity index (χ1v) is 11.2. The third-order valence-corrected chi connectivity index (χ3v) is 6.12. The van der Waals surface area contributed by atoms with Crippen LogP contribution in [-0.2, 0) is 14.8 Å². The van der Waals surface area contributed by atoms with Gasteiger partial charge in [-0.05, 0) is 62.2 Å². The largest absolute Gasteiger partial charge is 0.494 e. The molecule has 1 heterocycles. The van der Waals surface area contributed by atoms with Gasteiger partial charge in [0.2, 0.25) is 0 Å². The molecule has 0 aliphatic carbocycles. The van der Waals surface area contributed by atoms with Gasteiger partial charge in [-0.1, -0.05) is 11.6 Å². The Balaban J connectivity index is 1.65. The zero-order chi connectivity index (χ0) is 20.9. The molecular formula is C20H23ClN2O5S. The van der Waals surface area contributed by atoms with E-state index in [0.29, 0.717) is 18.0 Å². The summed E-state index contributed by atoms with van der Waals surface area (Å²) in [5, 5.41) is 0.119. The van der Waals surface area contributed by atoms with Crippen molar-refractivity contribution in [3.05, 3.63) is 47.5 Å². The highest BCUT2D eigenvalue weighted by atomic mass is 35.5. The normalized spacial score (nSPS) is 13.9. The zero-order valence-corrected chi connectivity index (χ0v) is 17.6. The van der Waals surface area contributed by atoms with Crippen molar-refractivity contribution in [3.8, 4) is 11.5 Å². The van der Waals surface area contributed by atoms with Crippen molar-refractivity contribution in [2.45, 2.75) is 24.7 Å². The number of rotatable bonds is 8. The lowest BCUT2D eigenvalue weighted by Gasteiger charge is -2.16. The van der Waals surface area contributed by atoms with E-state index >= 15 is 0 Å². The van der Waals surface area contributed by atoms with Crippen molar-refractivity contribution in [1.29, 1.82) is 0 Å². The van der Waals surface area contributed by atoms with Crippen molar-refractivity contribution in [2.24, 2.45) is 0 Å². The van der Waals surface area contributed by atoms with Crippen LogP contribution in [0.3, 0.4) is 0 Å². The molecule has 1 N–H and O–H groups in total. The summed E-state index contributed by atoms with van der Waals surface area (Å²) in [4.78, 5) is 13.8. The maximum atomic E-state index is 12.6. The summed E-state index contributed by atoms with van der Waals surface area (Å²) in [6, 6.07) is 10.7. The van der Waals surface area contributed by atoms with Crippen LogP contribution in [0.5, 0.6) is 11.5 Å². The van der Waals surface area contributed by atoms with E-state index in [4.69, 9.17) is 21.1 Å². The first-order chi connectivity index (χ1) is 13.9. The van der Waals surface area contributed by atoms with E-state index in [1.807, 2.05) is 6.92 Å². The predicted molar refractivity (Wildman–Crippen MR) is 111 cm³/mol. The summed E-state index contributed by atoms with van der Waals surface area (Å²) in [5.74, 6) is 0.815. The number of benzene rings is 2. The van der Waals surface area contributed by atoms with Crippen LogP contribution >= 0.6 is 11.6 Å². The number of hydrogen-bond donors (Lipinski definition) is 1. The van der Waals surface area contributed by atoms with Gasteiger partial charge in [-0.2, -0.15) is 0 Å². The number of anilines is 1. The minimum atomic E-state index is -3.83. The van der Waals surface area contributed by atoms with Gasteiger partial charge >= 0.3 is 0 Å². The van der Waals surface area contributed by atoms with Gasteiger partial charge in [-0.25, -0.2) is 8.42 Å². The molecule has 2 aromatic carbocycles. The lowest BCUT2D eigenvalue weighted by atomic mass is 10.3. The molecule has 0 spiro atoms. The average Bonchev–Trinajstić information content (AvgIpc) is 3.23. The molecule has 1 aliphatic rings. The van der Waals surface area contributed by atoms with Crippen LogP contribution in [0.25, 0.3) is 0 Å². The molecule has 1 amide bonds. The fourth-order valence-corrected chi connectivity index (χ4v) is 4.35. The number of sulfonamides is 1. The van der Waals surface area contributed by atoms with Crippen molar-refractivity contribution in [3.63, 3.8) is 0 Å². The molecule has 9 heteroatoms. The zero-order valence-electron chi connectivity index (χ0n) is 16.1. The molecule has 0 bridgehead atoms. The van der Waals surface area contributed by atoms with Crippen molar-refractivity contribution < 1.29 is 22.7 Å². The van der Waals surface area contributed by atoms with E-state index in [1.54, 1.807) is 29.2 Å². The minimum Gasteiger partial charge on any atom is -0.494 e. The molecule has 0 atom stereocenters. The molecule has 0 saturated carbocycles. The van der Waals surface area contributed by atoms with Gasteiger partial charge in [0.15, 0.2) is 6.61 Å². The average molecular weight is 439 g/mol. The Bertz CT molecular complexity index is 957. The highest BCUT2D eigenvalue weighted by Gasteiger charge is 2.20. The Morgan fingerprint density at radius 3 is 2.41 bits per heavy atom. The van der Waals surface area contributed by atoms with Gasteiger partial charge in [0.1, 0.15) is 11.5 Å². The SMILES string of the molecule is CCOc1ccc(NS(=O)(=O)c2ccc(OCC(=O)N3CCCC3)c(Cl)c2)cc1. The quantitative estimate of drug-likeness (QED) is 0.681. The van der Waals surface area contributed by atoms with Crippen LogP contribution in [-0.4, -0.2) is 45.5 Å². The summed E-state index contributed by atoms with van der Waals surface area (Å²) >= 11 is 6.18. The Kier molecular flexibility index (Phi) is 6.87.